The maximum atomic E-state index is 13.0. The fraction of sp³-hybridized carbons (Fsp3) is 0.261. The number of aromatic amines is 1. The number of sulfonamides is 1. The molecule has 1 fully saturated rings. The van der Waals surface area contributed by atoms with Crippen LogP contribution in [-0.2, 0) is 10.0 Å². The number of aromatic nitrogens is 4. The number of anilines is 1. The van der Waals surface area contributed by atoms with Crippen molar-refractivity contribution in [1.29, 1.82) is 0 Å². The minimum atomic E-state index is -3.36. The van der Waals surface area contributed by atoms with Gasteiger partial charge in [0.2, 0.25) is 10.0 Å². The van der Waals surface area contributed by atoms with Crippen LogP contribution in [0.1, 0.15) is 36.2 Å². The largest absolute Gasteiger partial charge is 0.360 e. The van der Waals surface area contributed by atoms with Crippen LogP contribution in [0.15, 0.2) is 59.9 Å². The Hall–Kier alpha value is -3.11. The number of ketones is 1. The van der Waals surface area contributed by atoms with Gasteiger partial charge in [-0.15, -0.1) is 10.2 Å². The van der Waals surface area contributed by atoms with Crippen molar-refractivity contribution in [3.05, 3.63) is 60.3 Å². The highest BCUT2D eigenvalue weighted by Gasteiger charge is 2.32. The normalized spacial score (nSPS) is 15.0. The molecule has 8 nitrogen and oxygen atoms in total. The molecule has 4 aromatic rings. The van der Waals surface area contributed by atoms with Gasteiger partial charge in [-0.1, -0.05) is 30.0 Å². The Bertz CT molecular complexity index is 1440. The lowest BCUT2D eigenvalue weighted by atomic mass is 10.1. The number of Topliss-reactive ketones (excluding diaryl/α,β-unsaturated/α-hetero) is 1. The van der Waals surface area contributed by atoms with E-state index in [1.165, 1.54) is 11.8 Å². The van der Waals surface area contributed by atoms with E-state index in [9.17, 15) is 13.2 Å². The molecule has 2 aromatic carbocycles. The van der Waals surface area contributed by atoms with Gasteiger partial charge in [0.15, 0.2) is 16.8 Å². The van der Waals surface area contributed by atoms with Gasteiger partial charge in [0.05, 0.1) is 11.5 Å². The van der Waals surface area contributed by atoms with Crippen molar-refractivity contribution in [2.45, 2.75) is 36.2 Å². The van der Waals surface area contributed by atoms with Gasteiger partial charge < -0.3 is 4.98 Å². The van der Waals surface area contributed by atoms with Crippen molar-refractivity contribution in [2.24, 2.45) is 0 Å². The Morgan fingerprint density at radius 1 is 1.15 bits per heavy atom. The summed E-state index contributed by atoms with van der Waals surface area (Å²) in [6.07, 6.45) is 5.18. The van der Waals surface area contributed by atoms with Crippen LogP contribution in [0.25, 0.3) is 22.3 Å². The highest BCUT2D eigenvalue weighted by Crippen LogP contribution is 2.43. The zero-order valence-corrected chi connectivity index (χ0v) is 19.8. The second-order valence-corrected chi connectivity index (χ2v) is 11.3. The van der Waals surface area contributed by atoms with Crippen LogP contribution < -0.4 is 4.72 Å². The molecule has 0 spiro atoms. The zero-order valence-electron chi connectivity index (χ0n) is 18.1. The van der Waals surface area contributed by atoms with E-state index < -0.39 is 10.0 Å². The van der Waals surface area contributed by atoms with E-state index in [1.54, 1.807) is 24.3 Å². The van der Waals surface area contributed by atoms with Crippen LogP contribution in [0.2, 0.25) is 0 Å². The summed E-state index contributed by atoms with van der Waals surface area (Å²) in [7, 11) is -3.36. The van der Waals surface area contributed by atoms with Gasteiger partial charge in [-0.3, -0.25) is 14.1 Å². The predicted molar refractivity (Wildman–Crippen MR) is 130 cm³/mol. The van der Waals surface area contributed by atoms with Crippen LogP contribution in [0, 0.1) is 0 Å². The maximum absolute atomic E-state index is 13.0. The number of nitrogens with zero attached hydrogens (tertiary/aromatic N) is 3. The molecule has 0 amide bonds. The number of nitrogens with one attached hydrogen (secondary N) is 2. The first-order valence-corrected chi connectivity index (χ1v) is 13.4. The first kappa shape index (κ1) is 21.7. The molecule has 33 heavy (non-hydrogen) atoms. The molecular weight excluding hydrogens is 458 g/mol. The summed E-state index contributed by atoms with van der Waals surface area (Å²) in [6, 6.07) is 14.9. The number of benzene rings is 2. The highest BCUT2D eigenvalue weighted by molar-refractivity contribution is 8.00. The monoisotopic (exact) mass is 481 g/mol. The second kappa shape index (κ2) is 8.35. The molecule has 0 unspecified atom stereocenters. The number of rotatable bonds is 8. The van der Waals surface area contributed by atoms with Gasteiger partial charge in [0, 0.05) is 40.0 Å². The molecule has 170 valence electrons. The molecule has 1 aliphatic carbocycles. The van der Waals surface area contributed by atoms with Crippen LogP contribution in [0.5, 0.6) is 0 Å². The molecule has 0 radical (unpaired) electrons. The third-order valence-electron chi connectivity index (χ3n) is 5.53. The third kappa shape index (κ3) is 4.53. The average molecular weight is 482 g/mol. The molecule has 2 N–H and O–H groups in total. The lowest BCUT2D eigenvalue weighted by Crippen LogP contribution is -2.15. The van der Waals surface area contributed by atoms with Crippen molar-refractivity contribution in [3.8, 4) is 11.4 Å². The van der Waals surface area contributed by atoms with Crippen molar-refractivity contribution < 1.29 is 13.2 Å². The lowest BCUT2D eigenvalue weighted by molar-refractivity contribution is 0.0994. The second-order valence-electron chi connectivity index (χ2n) is 8.23. The first-order valence-electron chi connectivity index (χ1n) is 10.6. The quantitative estimate of drug-likeness (QED) is 0.283. The molecule has 1 saturated carbocycles. The zero-order chi connectivity index (χ0) is 23.2. The number of fused-ring (bicyclic) bond motifs is 1. The maximum Gasteiger partial charge on any atom is 0.229 e. The Labute approximate surface area is 195 Å². The summed E-state index contributed by atoms with van der Waals surface area (Å²) in [6.45, 7) is 1.85. The van der Waals surface area contributed by atoms with Crippen molar-refractivity contribution in [3.63, 3.8) is 0 Å². The van der Waals surface area contributed by atoms with Gasteiger partial charge in [-0.05, 0) is 50.1 Å². The predicted octanol–water partition coefficient (Wildman–Crippen LogP) is 4.50. The smallest absolute Gasteiger partial charge is 0.229 e. The third-order valence-corrected chi connectivity index (χ3v) is 7.19. The average Bonchev–Trinajstić information content (AvgIpc) is 3.40. The van der Waals surface area contributed by atoms with E-state index in [0.717, 1.165) is 46.5 Å². The van der Waals surface area contributed by atoms with E-state index in [-0.39, 0.29) is 11.0 Å². The van der Waals surface area contributed by atoms with E-state index in [0.29, 0.717) is 17.3 Å². The first-order chi connectivity index (χ1) is 15.8. The van der Waals surface area contributed by atoms with E-state index in [1.807, 2.05) is 31.3 Å². The summed E-state index contributed by atoms with van der Waals surface area (Å²) in [5.41, 5.74) is 2.99. The van der Waals surface area contributed by atoms with E-state index >= 15 is 0 Å². The minimum absolute atomic E-state index is 0.0510. The number of hydrogen-bond acceptors (Lipinski definition) is 6. The molecule has 5 rings (SSSR count). The van der Waals surface area contributed by atoms with E-state index in [2.05, 4.69) is 30.5 Å². The summed E-state index contributed by atoms with van der Waals surface area (Å²) in [5.74, 6) is 0.762. The number of carbonyl (C=O) groups is 1. The summed E-state index contributed by atoms with van der Waals surface area (Å²) < 4.78 is 27.3. The molecular formula is C23H23N5O3S2. The minimum Gasteiger partial charge on any atom is -0.360 e. The molecule has 2 aromatic heterocycles. The summed E-state index contributed by atoms with van der Waals surface area (Å²) in [4.78, 5) is 16.3. The van der Waals surface area contributed by atoms with Gasteiger partial charge in [0.25, 0.3) is 0 Å². The fourth-order valence-electron chi connectivity index (χ4n) is 3.82. The van der Waals surface area contributed by atoms with E-state index in [4.69, 9.17) is 0 Å². The van der Waals surface area contributed by atoms with Crippen LogP contribution in [0.3, 0.4) is 0 Å². The van der Waals surface area contributed by atoms with Crippen LogP contribution in [-0.4, -0.2) is 45.5 Å². The molecule has 2 heterocycles. The Morgan fingerprint density at radius 3 is 2.58 bits per heavy atom. The number of para-hydroxylation sites is 1. The highest BCUT2D eigenvalue weighted by atomic mass is 32.2. The topological polar surface area (TPSA) is 110 Å². The fourth-order valence-corrected chi connectivity index (χ4v) is 5.38. The summed E-state index contributed by atoms with van der Waals surface area (Å²) >= 11 is 1.40. The van der Waals surface area contributed by atoms with Gasteiger partial charge in [-0.25, -0.2) is 8.42 Å². The van der Waals surface area contributed by atoms with Gasteiger partial charge in [0.1, 0.15) is 0 Å². The molecule has 0 aliphatic heterocycles. The van der Waals surface area contributed by atoms with Gasteiger partial charge in [-0.2, -0.15) is 0 Å². The Kier molecular flexibility index (Phi) is 5.49. The Morgan fingerprint density at radius 2 is 1.88 bits per heavy atom. The number of thioether (sulfide) groups is 1. The SMILES string of the molecule is C[C@H](Sc1nnc(-c2c[nH]c3ccccc23)n1C1CC1)C(=O)c1ccc(NS(C)(=O)=O)cc1. The molecule has 0 bridgehead atoms. The summed E-state index contributed by atoms with van der Waals surface area (Å²) in [5, 5.41) is 10.4. The molecule has 1 aliphatic rings. The lowest BCUT2D eigenvalue weighted by Gasteiger charge is -2.13. The van der Waals surface area contributed by atoms with Crippen molar-refractivity contribution in [1.82, 2.24) is 19.7 Å². The number of hydrogen-bond donors (Lipinski definition) is 2. The van der Waals surface area contributed by atoms with Crippen molar-refractivity contribution >= 4 is 44.2 Å². The Balaban J connectivity index is 1.39. The molecule has 1 atom stereocenters. The van der Waals surface area contributed by atoms with Gasteiger partial charge >= 0.3 is 0 Å². The van der Waals surface area contributed by atoms with Crippen LogP contribution in [0.4, 0.5) is 5.69 Å². The molecule has 0 saturated heterocycles. The standard InChI is InChI=1S/C23H23N5O3S2/c1-14(21(29)15-7-9-16(10-8-15)27-33(2,30)31)32-23-26-25-22(28(23)17-11-12-17)19-13-24-20-6-4-3-5-18(19)20/h3-10,13-14,17,24,27H,11-12H2,1-2H3/t14-/m0/s1. The number of carbonyl (C=O) groups excluding carboxylic acids is 1. The number of H-pyrrole nitrogens is 1. The van der Waals surface area contributed by atoms with Crippen LogP contribution >= 0.6 is 11.8 Å². The van der Waals surface area contributed by atoms with Crippen molar-refractivity contribution in [2.75, 3.05) is 11.0 Å². The molecule has 10 heteroatoms.